The molecule has 0 spiro atoms. The van der Waals surface area contributed by atoms with Crippen LogP contribution in [0.3, 0.4) is 0 Å². The van der Waals surface area contributed by atoms with Crippen LogP contribution in [0.25, 0.3) is 0 Å². The Morgan fingerprint density at radius 3 is 2.68 bits per heavy atom. The molecular weight excluding hydrogens is 268 g/mol. The van der Waals surface area contributed by atoms with Gasteiger partial charge in [0.05, 0.1) is 0 Å². The summed E-state index contributed by atoms with van der Waals surface area (Å²) < 4.78 is 0. The van der Waals surface area contributed by atoms with Crippen molar-refractivity contribution in [2.45, 2.75) is 32.7 Å². The number of carboxylic acids is 1. The van der Waals surface area contributed by atoms with E-state index < -0.39 is 12.0 Å². The summed E-state index contributed by atoms with van der Waals surface area (Å²) in [5.41, 5.74) is 0. The Hall–Kier alpha value is -1.24. The second-order valence-electron chi connectivity index (χ2n) is 4.62. The summed E-state index contributed by atoms with van der Waals surface area (Å²) in [5, 5.41) is 11.6. The van der Waals surface area contributed by atoms with Crippen molar-refractivity contribution in [3.8, 4) is 0 Å². The maximum Gasteiger partial charge on any atom is 0.326 e. The second-order valence-corrected chi connectivity index (χ2v) is 5.67. The summed E-state index contributed by atoms with van der Waals surface area (Å²) in [6.07, 6.45) is 0.824. The van der Waals surface area contributed by atoms with Crippen LogP contribution in [0.2, 0.25) is 0 Å². The van der Waals surface area contributed by atoms with Crippen LogP contribution >= 0.6 is 11.8 Å². The van der Waals surface area contributed by atoms with Gasteiger partial charge in [-0.15, -0.1) is 0 Å². The number of nitrogens with one attached hydrogen (secondary N) is 1. The SMILES string of the molecule is CCC(C)C(NC(=O)CCN1CCSC1=O)C(=O)O. The number of carbonyl (C=O) groups excluding carboxylic acids is 2. The van der Waals surface area contributed by atoms with Crippen molar-refractivity contribution in [1.29, 1.82) is 0 Å². The molecule has 0 aliphatic carbocycles. The number of amides is 2. The zero-order valence-corrected chi connectivity index (χ0v) is 12.0. The highest BCUT2D eigenvalue weighted by atomic mass is 32.2. The smallest absolute Gasteiger partial charge is 0.326 e. The Bertz CT molecular complexity index is 362. The Labute approximate surface area is 116 Å². The van der Waals surface area contributed by atoms with Crippen LogP contribution in [-0.4, -0.2) is 52.0 Å². The molecule has 0 aromatic heterocycles. The molecule has 19 heavy (non-hydrogen) atoms. The van der Waals surface area contributed by atoms with Gasteiger partial charge in [0.1, 0.15) is 6.04 Å². The van der Waals surface area contributed by atoms with Gasteiger partial charge >= 0.3 is 5.97 Å². The molecule has 1 fully saturated rings. The third kappa shape index (κ3) is 4.74. The maximum absolute atomic E-state index is 11.7. The van der Waals surface area contributed by atoms with E-state index in [0.717, 1.165) is 5.75 Å². The van der Waals surface area contributed by atoms with Gasteiger partial charge in [-0.25, -0.2) is 4.79 Å². The molecule has 0 aromatic rings. The topological polar surface area (TPSA) is 86.7 Å². The highest BCUT2D eigenvalue weighted by molar-refractivity contribution is 8.13. The van der Waals surface area contributed by atoms with E-state index in [4.69, 9.17) is 5.11 Å². The fourth-order valence-corrected chi connectivity index (χ4v) is 2.65. The average Bonchev–Trinajstić information content (AvgIpc) is 2.77. The first-order valence-corrected chi connectivity index (χ1v) is 7.38. The average molecular weight is 288 g/mol. The summed E-state index contributed by atoms with van der Waals surface area (Å²) in [4.78, 5) is 35.7. The minimum atomic E-state index is -1.02. The van der Waals surface area contributed by atoms with Crippen molar-refractivity contribution < 1.29 is 19.5 Å². The molecule has 1 aliphatic rings. The number of nitrogens with zero attached hydrogens (tertiary/aromatic N) is 1. The molecule has 0 saturated carbocycles. The zero-order chi connectivity index (χ0) is 14.4. The van der Waals surface area contributed by atoms with Gasteiger partial charge < -0.3 is 15.3 Å². The summed E-state index contributed by atoms with van der Waals surface area (Å²) in [6.45, 7) is 4.68. The van der Waals surface area contributed by atoms with Gasteiger partial charge in [0.2, 0.25) is 5.91 Å². The monoisotopic (exact) mass is 288 g/mol. The van der Waals surface area contributed by atoms with E-state index in [0.29, 0.717) is 19.5 Å². The largest absolute Gasteiger partial charge is 0.480 e. The fraction of sp³-hybridized carbons (Fsp3) is 0.750. The summed E-state index contributed by atoms with van der Waals surface area (Å²) >= 11 is 1.25. The molecule has 0 bridgehead atoms. The number of carbonyl (C=O) groups is 3. The van der Waals surface area contributed by atoms with Crippen molar-refractivity contribution in [2.75, 3.05) is 18.8 Å². The first-order chi connectivity index (χ1) is 8.95. The first kappa shape index (κ1) is 15.8. The lowest BCUT2D eigenvalue weighted by Gasteiger charge is -2.21. The third-order valence-electron chi connectivity index (χ3n) is 3.25. The van der Waals surface area contributed by atoms with Gasteiger partial charge in [0.15, 0.2) is 0 Å². The van der Waals surface area contributed by atoms with Gasteiger partial charge in [0, 0.05) is 25.3 Å². The van der Waals surface area contributed by atoms with Crippen LogP contribution in [0.5, 0.6) is 0 Å². The molecule has 0 aromatic carbocycles. The lowest BCUT2D eigenvalue weighted by molar-refractivity contribution is -0.143. The maximum atomic E-state index is 11.7. The van der Waals surface area contributed by atoms with Gasteiger partial charge in [-0.1, -0.05) is 32.0 Å². The second kappa shape index (κ2) is 7.37. The van der Waals surface area contributed by atoms with E-state index >= 15 is 0 Å². The molecule has 2 N–H and O–H groups in total. The van der Waals surface area contributed by atoms with E-state index in [1.165, 1.54) is 11.8 Å². The molecule has 1 heterocycles. The first-order valence-electron chi connectivity index (χ1n) is 6.39. The molecule has 1 rings (SSSR count). The van der Waals surface area contributed by atoms with Crippen LogP contribution in [0.4, 0.5) is 4.79 Å². The van der Waals surface area contributed by atoms with Gasteiger partial charge in [-0.3, -0.25) is 9.59 Å². The Morgan fingerprint density at radius 2 is 2.21 bits per heavy atom. The molecule has 1 saturated heterocycles. The predicted octanol–water partition coefficient (Wildman–Crippen LogP) is 1.16. The molecule has 108 valence electrons. The zero-order valence-electron chi connectivity index (χ0n) is 11.2. The standard InChI is InChI=1S/C12H20N2O4S/c1-3-8(2)10(11(16)17)13-9(15)4-5-14-6-7-19-12(14)18/h8,10H,3-7H2,1-2H3,(H,13,15)(H,16,17). The molecule has 0 radical (unpaired) electrons. The molecule has 2 unspecified atom stereocenters. The van der Waals surface area contributed by atoms with Crippen LogP contribution in [0.15, 0.2) is 0 Å². The highest BCUT2D eigenvalue weighted by Crippen LogP contribution is 2.17. The van der Waals surface area contributed by atoms with Crippen LogP contribution in [-0.2, 0) is 9.59 Å². The van der Waals surface area contributed by atoms with E-state index in [1.807, 2.05) is 6.92 Å². The van der Waals surface area contributed by atoms with Gasteiger partial charge in [0.25, 0.3) is 5.24 Å². The Morgan fingerprint density at radius 1 is 1.53 bits per heavy atom. The number of thioether (sulfide) groups is 1. The van der Waals surface area contributed by atoms with E-state index in [9.17, 15) is 14.4 Å². The van der Waals surface area contributed by atoms with Gasteiger partial charge in [-0.05, 0) is 5.92 Å². The Kier molecular flexibility index (Phi) is 6.14. The predicted molar refractivity (Wildman–Crippen MR) is 73.1 cm³/mol. The summed E-state index contributed by atoms with van der Waals surface area (Å²) in [7, 11) is 0. The molecular formula is C12H20N2O4S. The van der Waals surface area contributed by atoms with Crippen molar-refractivity contribution in [2.24, 2.45) is 5.92 Å². The van der Waals surface area contributed by atoms with Crippen molar-refractivity contribution in [3.63, 3.8) is 0 Å². The fourth-order valence-electron chi connectivity index (χ4n) is 1.79. The van der Waals surface area contributed by atoms with Crippen LogP contribution < -0.4 is 5.32 Å². The molecule has 1 aliphatic heterocycles. The quantitative estimate of drug-likeness (QED) is 0.734. The lowest BCUT2D eigenvalue weighted by atomic mass is 9.99. The number of hydrogen-bond donors (Lipinski definition) is 2. The normalized spacial score (nSPS) is 18.2. The number of aliphatic carboxylic acids is 1. The summed E-state index contributed by atoms with van der Waals surface area (Å²) in [5.74, 6) is -0.705. The summed E-state index contributed by atoms with van der Waals surface area (Å²) in [6, 6.07) is -0.860. The molecule has 6 nitrogen and oxygen atoms in total. The lowest BCUT2D eigenvalue weighted by Crippen LogP contribution is -2.45. The van der Waals surface area contributed by atoms with Crippen LogP contribution in [0, 0.1) is 5.92 Å². The van der Waals surface area contributed by atoms with Gasteiger partial charge in [-0.2, -0.15) is 0 Å². The highest BCUT2D eigenvalue weighted by Gasteiger charge is 2.26. The number of hydrogen-bond acceptors (Lipinski definition) is 4. The minimum absolute atomic E-state index is 0.00971. The number of carboxylic acid groups (broad SMARTS) is 1. The van der Waals surface area contributed by atoms with Crippen molar-refractivity contribution in [3.05, 3.63) is 0 Å². The van der Waals surface area contributed by atoms with Crippen LogP contribution in [0.1, 0.15) is 26.7 Å². The van der Waals surface area contributed by atoms with Crippen molar-refractivity contribution >= 4 is 28.9 Å². The molecule has 2 amide bonds. The van der Waals surface area contributed by atoms with E-state index in [2.05, 4.69) is 5.32 Å². The third-order valence-corrected chi connectivity index (χ3v) is 4.14. The van der Waals surface area contributed by atoms with Crippen molar-refractivity contribution in [1.82, 2.24) is 10.2 Å². The number of rotatable bonds is 7. The van der Waals surface area contributed by atoms with E-state index in [1.54, 1.807) is 11.8 Å². The minimum Gasteiger partial charge on any atom is -0.480 e. The Balaban J connectivity index is 2.40. The van der Waals surface area contributed by atoms with E-state index in [-0.39, 0.29) is 23.5 Å². The molecule has 7 heteroatoms. The molecule has 2 atom stereocenters.